The predicted octanol–water partition coefficient (Wildman–Crippen LogP) is 6.95. The molecule has 510 valence electrons. The molecule has 6 rings (SSSR count). The normalized spacial score (nSPS) is 15.9. The van der Waals surface area contributed by atoms with Gasteiger partial charge in [0.05, 0.1) is 65.9 Å². The van der Waals surface area contributed by atoms with Crippen LogP contribution in [-0.2, 0) is 79.9 Å². The van der Waals surface area contributed by atoms with E-state index in [1.165, 1.54) is 77.2 Å². The van der Waals surface area contributed by atoms with Gasteiger partial charge < -0.3 is 59.9 Å². The van der Waals surface area contributed by atoms with Crippen molar-refractivity contribution in [3.05, 3.63) is 64.4 Å². The maximum absolute atomic E-state index is 14.1. The average molecular weight is 1360 g/mol. The summed E-state index contributed by atoms with van der Waals surface area (Å²) in [4.78, 5) is 129. The van der Waals surface area contributed by atoms with Gasteiger partial charge in [0.1, 0.15) is 53.8 Å². The Morgan fingerprint density at radius 1 is 0.656 bits per heavy atom. The molecule has 1 aliphatic carbocycles. The fraction of sp³-hybridized carbons (Fsp3) is 0.621. The number of hydrogen-bond acceptors (Lipinski definition) is 19. The number of esters is 2. The Morgan fingerprint density at radius 3 is 1.84 bits per heavy atom. The van der Waals surface area contributed by atoms with Gasteiger partial charge in [-0.3, -0.25) is 43.0 Å². The van der Waals surface area contributed by atoms with Crippen LogP contribution in [0.3, 0.4) is 0 Å². The zero-order valence-corrected chi connectivity index (χ0v) is 56.2. The molecule has 1 saturated heterocycles. The lowest BCUT2D eigenvalue weighted by Gasteiger charge is -2.27. The van der Waals surface area contributed by atoms with Crippen molar-refractivity contribution < 1.29 is 71.6 Å². The van der Waals surface area contributed by atoms with E-state index in [4.69, 9.17) is 23.7 Å². The number of rotatable bonds is 46. The molecule has 0 bridgehead atoms. The number of amides is 6. The Hall–Kier alpha value is -7.33. The second-order valence-electron chi connectivity index (χ2n) is 23.9. The number of nitrogens with zero attached hydrogens (tertiary/aromatic N) is 6. The van der Waals surface area contributed by atoms with Crippen LogP contribution in [0.5, 0.6) is 0 Å². The molecule has 1 saturated carbocycles. The minimum absolute atomic E-state index is 0.00476. The molecule has 4 heterocycles. The number of carbonyl (C=O) groups is 9. The average Bonchev–Trinajstić information content (AvgIpc) is 1.55. The molecule has 1 aromatic carbocycles. The molecule has 2 aliphatic rings. The minimum atomic E-state index is -0.922. The van der Waals surface area contributed by atoms with Crippen molar-refractivity contribution in [1.29, 1.82) is 0 Å². The van der Waals surface area contributed by atoms with E-state index in [1.807, 2.05) is 19.1 Å². The van der Waals surface area contributed by atoms with E-state index < -0.39 is 18.1 Å². The SMILES string of the molecule is COC(=O)CCCCCCCCCCCCCCCCC(=O)N[C@@H](CCC(=O)NCCOCCOCC(=O)NCCOCCOCC(=O)NCc1ncc(-c2ccc3c(c2)c(C(C)=O)nn3CC(=O)N2[C@H](C(=O)Nc3nc(Br)ccc3C)C[C@@]3(C)C[C@@H]23)cn1)C(=O)OC. The first-order valence-corrected chi connectivity index (χ1v) is 33.3. The van der Waals surface area contributed by atoms with Crippen LogP contribution in [0.1, 0.15) is 164 Å². The van der Waals surface area contributed by atoms with Crippen molar-refractivity contribution in [2.45, 2.75) is 180 Å². The third-order valence-corrected chi connectivity index (χ3v) is 16.9. The highest BCUT2D eigenvalue weighted by atomic mass is 79.9. The van der Waals surface area contributed by atoms with Gasteiger partial charge in [-0.25, -0.2) is 19.7 Å². The highest BCUT2D eigenvalue weighted by molar-refractivity contribution is 9.10. The first-order valence-electron chi connectivity index (χ1n) is 32.5. The lowest BCUT2D eigenvalue weighted by Crippen LogP contribution is -2.47. The first-order chi connectivity index (χ1) is 44.9. The number of Topliss-reactive ketones (excluding diaryl/α,β-unsaturated/α-hetero) is 1. The van der Waals surface area contributed by atoms with Gasteiger partial charge in [0, 0.05) is 68.7 Å². The monoisotopic (exact) mass is 1360 g/mol. The number of ether oxygens (including phenoxy) is 6. The van der Waals surface area contributed by atoms with Crippen LogP contribution in [0.4, 0.5) is 5.82 Å². The van der Waals surface area contributed by atoms with Crippen LogP contribution >= 0.6 is 15.9 Å². The Labute approximate surface area is 552 Å². The maximum Gasteiger partial charge on any atom is 0.328 e. The number of ketones is 1. The van der Waals surface area contributed by atoms with Gasteiger partial charge in [0.2, 0.25) is 35.4 Å². The Morgan fingerprint density at radius 2 is 1.24 bits per heavy atom. The molecular formula is C66H94BrN11O15. The van der Waals surface area contributed by atoms with E-state index in [9.17, 15) is 43.2 Å². The fourth-order valence-electron chi connectivity index (χ4n) is 11.1. The van der Waals surface area contributed by atoms with Crippen LogP contribution in [0.2, 0.25) is 0 Å². The lowest BCUT2D eigenvalue weighted by molar-refractivity contribution is -0.145. The smallest absolute Gasteiger partial charge is 0.328 e. The van der Waals surface area contributed by atoms with Crippen LogP contribution < -0.4 is 26.6 Å². The summed E-state index contributed by atoms with van der Waals surface area (Å²) >= 11 is 3.36. The quantitative estimate of drug-likeness (QED) is 0.0129. The van der Waals surface area contributed by atoms with Crippen LogP contribution in [0, 0.1) is 12.3 Å². The predicted molar refractivity (Wildman–Crippen MR) is 348 cm³/mol. The number of likely N-dealkylation sites (tertiary alicyclic amines) is 1. The summed E-state index contributed by atoms with van der Waals surface area (Å²) in [6.07, 6.45) is 21.1. The van der Waals surface area contributed by atoms with Crippen molar-refractivity contribution in [2.24, 2.45) is 5.41 Å². The zero-order valence-electron chi connectivity index (χ0n) is 54.6. The molecule has 0 unspecified atom stereocenters. The van der Waals surface area contributed by atoms with Crippen LogP contribution in [0.15, 0.2) is 47.3 Å². The number of fused-ring (bicyclic) bond motifs is 2. The van der Waals surface area contributed by atoms with Gasteiger partial charge in [-0.15, -0.1) is 0 Å². The highest BCUT2D eigenvalue weighted by Crippen LogP contribution is 2.59. The number of methoxy groups -OCH3 is 2. The molecule has 5 N–H and O–H groups in total. The Bertz CT molecular complexity index is 3110. The molecule has 4 aromatic rings. The molecule has 26 nitrogen and oxygen atoms in total. The molecule has 27 heteroatoms. The van der Waals surface area contributed by atoms with Gasteiger partial charge in [0.15, 0.2) is 5.78 Å². The van der Waals surface area contributed by atoms with E-state index in [0.29, 0.717) is 57.5 Å². The van der Waals surface area contributed by atoms with E-state index in [-0.39, 0.29) is 156 Å². The summed E-state index contributed by atoms with van der Waals surface area (Å²) < 4.78 is 33.4. The largest absolute Gasteiger partial charge is 0.469 e. The molecule has 6 amide bonds. The molecule has 0 spiro atoms. The molecule has 2 fully saturated rings. The second-order valence-corrected chi connectivity index (χ2v) is 24.7. The number of anilines is 1. The van der Waals surface area contributed by atoms with Crippen molar-refractivity contribution in [1.82, 2.24) is 50.9 Å². The molecule has 1 aliphatic heterocycles. The van der Waals surface area contributed by atoms with Crippen molar-refractivity contribution in [2.75, 3.05) is 85.5 Å². The minimum Gasteiger partial charge on any atom is -0.469 e. The van der Waals surface area contributed by atoms with Gasteiger partial charge in [-0.1, -0.05) is 96.1 Å². The number of halogens is 1. The Balaban J connectivity index is 0.737. The van der Waals surface area contributed by atoms with Crippen molar-refractivity contribution in [3.8, 4) is 11.1 Å². The van der Waals surface area contributed by atoms with E-state index in [1.54, 1.807) is 35.5 Å². The van der Waals surface area contributed by atoms with Gasteiger partial charge in [-0.2, -0.15) is 5.10 Å². The number of carbonyl (C=O) groups excluding carboxylic acids is 9. The van der Waals surface area contributed by atoms with E-state index in [0.717, 1.165) is 50.5 Å². The third kappa shape index (κ3) is 25.8. The molecule has 4 atom stereocenters. The number of unbranched alkanes of at least 4 members (excludes halogenated alkanes) is 13. The van der Waals surface area contributed by atoms with Crippen molar-refractivity contribution in [3.63, 3.8) is 0 Å². The standard InChI is InChI=1S/C66H94BrN11O15/c1-45-22-26-54(67)74-63(45)75-64(86)52-37-66(3)38-53(66)78(52)60(84)42-77-51-25-23-47(36-49(51)62(76-77)46(2)79)48-39-70-55(71-40-48)41-72-59(83)44-93-35-33-91-31-29-69-58(82)43-92-34-32-90-30-28-68-56(80)27-24-50(65(87)89-5)73-57(81)20-18-16-14-12-10-8-6-7-9-11-13-15-17-19-21-61(85)88-4/h22-23,25-26,36,39-40,50,52-53H,6-21,24,27-35,37-38,41-44H2,1-5H3,(H,68,80)(H,69,82)(H,72,83)(H,73,81)(H,74,75,86)/t50-,52-,53+,66-/m0/s1. The first kappa shape index (κ1) is 74.7. The van der Waals surface area contributed by atoms with Gasteiger partial charge in [0.25, 0.3) is 0 Å². The summed E-state index contributed by atoms with van der Waals surface area (Å²) in [7, 11) is 2.67. The molecule has 0 radical (unpaired) electrons. The van der Waals surface area contributed by atoms with Crippen LogP contribution in [-0.4, -0.2) is 181 Å². The summed E-state index contributed by atoms with van der Waals surface area (Å²) in [5.41, 5.74) is 2.77. The maximum atomic E-state index is 14.1. The number of aryl methyl sites for hydroxylation is 1. The summed E-state index contributed by atoms with van der Waals surface area (Å²) in [5.74, 6) is -2.08. The van der Waals surface area contributed by atoms with Crippen LogP contribution in [0.25, 0.3) is 22.0 Å². The summed E-state index contributed by atoms with van der Waals surface area (Å²) in [5, 5.41) is 18.9. The number of aromatic nitrogens is 5. The van der Waals surface area contributed by atoms with E-state index in [2.05, 4.69) is 74.2 Å². The number of piperidine rings is 1. The number of hydrogen-bond donors (Lipinski definition) is 5. The summed E-state index contributed by atoms with van der Waals surface area (Å²) in [6, 6.07) is 7.37. The summed E-state index contributed by atoms with van der Waals surface area (Å²) in [6.45, 7) is 6.35. The number of nitrogens with one attached hydrogen (secondary N) is 5. The molecule has 3 aromatic heterocycles. The second kappa shape index (κ2) is 40.0. The fourth-order valence-corrected chi connectivity index (χ4v) is 11.4. The van der Waals surface area contributed by atoms with Gasteiger partial charge in [-0.05, 0) is 89.7 Å². The van der Waals surface area contributed by atoms with Crippen molar-refractivity contribution >= 4 is 85.8 Å². The van der Waals surface area contributed by atoms with Gasteiger partial charge >= 0.3 is 11.9 Å². The topological polar surface area (TPSA) is 329 Å². The van der Waals surface area contributed by atoms with E-state index >= 15 is 0 Å². The highest BCUT2D eigenvalue weighted by Gasteiger charge is 2.64. The number of benzene rings is 1. The number of pyridine rings is 1. The molecular weight excluding hydrogens is 1270 g/mol. The Kier molecular flexibility index (Phi) is 32.2. The molecule has 93 heavy (non-hydrogen) atoms. The zero-order chi connectivity index (χ0) is 67.0. The lowest BCUT2D eigenvalue weighted by atomic mass is 10.0. The third-order valence-electron chi connectivity index (χ3n) is 16.5.